The number of pyridine rings is 1. The Balaban J connectivity index is 1.40. The Morgan fingerprint density at radius 2 is 1.81 bits per heavy atom. The minimum Gasteiger partial charge on any atom is -0.325 e. The number of thiophene rings is 1. The second-order valence-corrected chi connectivity index (χ2v) is 8.01. The number of carbonyl (C=O) groups is 1. The molecule has 0 spiro atoms. The first-order valence-electron chi connectivity index (χ1n) is 9.87. The molecule has 0 aliphatic rings. The van der Waals surface area contributed by atoms with Gasteiger partial charge in [-0.25, -0.2) is 9.97 Å². The van der Waals surface area contributed by atoms with Gasteiger partial charge in [0, 0.05) is 23.9 Å². The van der Waals surface area contributed by atoms with Crippen LogP contribution in [-0.2, 0) is 11.3 Å². The minimum absolute atomic E-state index is 0.125. The van der Waals surface area contributed by atoms with Crippen LogP contribution in [0.2, 0.25) is 0 Å². The summed E-state index contributed by atoms with van der Waals surface area (Å²) in [6, 6.07) is 21.2. The molecule has 0 bridgehead atoms. The lowest BCUT2D eigenvalue weighted by atomic mass is 10.1. The normalized spacial score (nSPS) is 11.1. The molecule has 7 heteroatoms. The molecule has 0 aliphatic carbocycles. The first-order chi connectivity index (χ1) is 15.2. The lowest BCUT2D eigenvalue weighted by Crippen LogP contribution is -2.23. The van der Waals surface area contributed by atoms with Crippen molar-refractivity contribution in [2.75, 3.05) is 5.32 Å². The number of hydrogen-bond acceptors (Lipinski definition) is 5. The molecule has 6 nitrogen and oxygen atoms in total. The standard InChI is InChI=1S/C24H18N4O2S/c29-22(10-12-28-15-25-23-18(24(28)30)11-13-31-23)27-21-14-20(16-6-2-1-3-7-16)26-19-9-5-4-8-17(19)21/h1-9,11,13-15H,10,12H2,(H,26,27,29). The molecule has 31 heavy (non-hydrogen) atoms. The fourth-order valence-electron chi connectivity index (χ4n) is 3.52. The summed E-state index contributed by atoms with van der Waals surface area (Å²) in [6.07, 6.45) is 1.67. The number of anilines is 1. The van der Waals surface area contributed by atoms with Crippen LogP contribution in [-0.4, -0.2) is 20.4 Å². The number of nitrogens with one attached hydrogen (secondary N) is 1. The molecular weight excluding hydrogens is 408 g/mol. The molecule has 0 aliphatic heterocycles. The maximum Gasteiger partial charge on any atom is 0.262 e. The van der Waals surface area contributed by atoms with Crippen LogP contribution in [0, 0.1) is 0 Å². The van der Waals surface area contributed by atoms with Crippen molar-refractivity contribution >= 4 is 44.1 Å². The van der Waals surface area contributed by atoms with Crippen LogP contribution in [0.15, 0.2) is 83.2 Å². The summed E-state index contributed by atoms with van der Waals surface area (Å²) in [6.45, 7) is 0.262. The van der Waals surface area contributed by atoms with Gasteiger partial charge in [-0.3, -0.25) is 14.2 Å². The predicted molar refractivity (Wildman–Crippen MR) is 124 cm³/mol. The highest BCUT2D eigenvalue weighted by Gasteiger charge is 2.12. The van der Waals surface area contributed by atoms with Crippen LogP contribution in [0.25, 0.3) is 32.4 Å². The van der Waals surface area contributed by atoms with Crippen LogP contribution < -0.4 is 10.9 Å². The Kier molecular flexibility index (Phi) is 5.01. The van der Waals surface area contributed by atoms with Crippen LogP contribution in [0.4, 0.5) is 5.69 Å². The molecule has 5 aromatic rings. The zero-order valence-electron chi connectivity index (χ0n) is 16.5. The Morgan fingerprint density at radius 3 is 2.68 bits per heavy atom. The number of hydrogen-bond donors (Lipinski definition) is 1. The van der Waals surface area contributed by atoms with E-state index in [2.05, 4.69) is 10.3 Å². The summed E-state index contributed by atoms with van der Waals surface area (Å²) >= 11 is 1.43. The monoisotopic (exact) mass is 426 g/mol. The molecule has 152 valence electrons. The molecule has 0 saturated heterocycles. The molecule has 0 saturated carbocycles. The van der Waals surface area contributed by atoms with E-state index in [-0.39, 0.29) is 24.4 Å². The van der Waals surface area contributed by atoms with Gasteiger partial charge in [-0.15, -0.1) is 11.3 Å². The summed E-state index contributed by atoms with van der Waals surface area (Å²) in [5.74, 6) is -0.173. The van der Waals surface area contributed by atoms with E-state index in [4.69, 9.17) is 4.98 Å². The smallest absolute Gasteiger partial charge is 0.262 e. The van der Waals surface area contributed by atoms with Crippen molar-refractivity contribution in [1.82, 2.24) is 14.5 Å². The maximum absolute atomic E-state index is 12.7. The highest BCUT2D eigenvalue weighted by Crippen LogP contribution is 2.28. The SMILES string of the molecule is O=C(CCn1cnc2sccc2c1=O)Nc1cc(-c2ccccc2)nc2ccccc12. The van der Waals surface area contributed by atoms with Crippen molar-refractivity contribution in [3.05, 3.63) is 88.8 Å². The zero-order valence-corrected chi connectivity index (χ0v) is 17.3. The van der Waals surface area contributed by atoms with Crippen LogP contribution >= 0.6 is 11.3 Å². The lowest BCUT2D eigenvalue weighted by molar-refractivity contribution is -0.116. The summed E-state index contributed by atoms with van der Waals surface area (Å²) in [7, 11) is 0. The second-order valence-electron chi connectivity index (χ2n) is 7.12. The Bertz CT molecular complexity index is 1460. The maximum atomic E-state index is 12.7. The number of nitrogens with zero attached hydrogens (tertiary/aromatic N) is 3. The zero-order chi connectivity index (χ0) is 21.2. The van der Waals surface area contributed by atoms with Crippen LogP contribution in [0.5, 0.6) is 0 Å². The first kappa shape index (κ1) is 19.1. The van der Waals surface area contributed by atoms with Gasteiger partial charge in [0.15, 0.2) is 0 Å². The number of amides is 1. The van der Waals surface area contributed by atoms with E-state index in [1.165, 1.54) is 22.2 Å². The van der Waals surface area contributed by atoms with Crippen molar-refractivity contribution in [3.63, 3.8) is 0 Å². The second kappa shape index (κ2) is 8.12. The average Bonchev–Trinajstić information content (AvgIpc) is 3.29. The van der Waals surface area contributed by atoms with Gasteiger partial charge in [0.05, 0.1) is 28.6 Å². The van der Waals surface area contributed by atoms with E-state index in [0.717, 1.165) is 22.2 Å². The van der Waals surface area contributed by atoms with Crippen molar-refractivity contribution in [2.45, 2.75) is 13.0 Å². The van der Waals surface area contributed by atoms with Gasteiger partial charge >= 0.3 is 0 Å². The largest absolute Gasteiger partial charge is 0.325 e. The van der Waals surface area contributed by atoms with Gasteiger partial charge in [0.25, 0.3) is 5.56 Å². The van der Waals surface area contributed by atoms with Gasteiger partial charge in [-0.05, 0) is 23.6 Å². The number of para-hydroxylation sites is 1. The van der Waals surface area contributed by atoms with E-state index in [9.17, 15) is 9.59 Å². The van der Waals surface area contributed by atoms with Gasteiger partial charge in [-0.1, -0.05) is 48.5 Å². The van der Waals surface area contributed by atoms with E-state index in [1.807, 2.05) is 66.0 Å². The molecule has 0 atom stereocenters. The van der Waals surface area contributed by atoms with E-state index in [0.29, 0.717) is 15.9 Å². The summed E-state index contributed by atoms with van der Waals surface area (Å²) in [4.78, 5) is 35.0. The Labute approximate surface area is 181 Å². The van der Waals surface area contributed by atoms with Gasteiger partial charge in [0.2, 0.25) is 5.91 Å². The molecule has 5 rings (SSSR count). The Hall–Kier alpha value is -3.84. The summed E-state index contributed by atoms with van der Waals surface area (Å²) < 4.78 is 1.48. The third-order valence-corrected chi connectivity index (χ3v) is 5.91. The first-order valence-corrected chi connectivity index (χ1v) is 10.7. The van der Waals surface area contributed by atoms with Gasteiger partial charge in [0.1, 0.15) is 4.83 Å². The number of benzene rings is 2. The van der Waals surface area contributed by atoms with Crippen molar-refractivity contribution in [2.24, 2.45) is 0 Å². The van der Waals surface area contributed by atoms with Crippen molar-refractivity contribution in [1.29, 1.82) is 0 Å². The van der Waals surface area contributed by atoms with E-state index in [1.54, 1.807) is 6.07 Å². The molecule has 0 radical (unpaired) electrons. The number of fused-ring (bicyclic) bond motifs is 2. The molecular formula is C24H18N4O2S. The molecule has 2 aromatic carbocycles. The molecule has 0 unspecified atom stereocenters. The molecule has 3 heterocycles. The lowest BCUT2D eigenvalue weighted by Gasteiger charge is -2.12. The van der Waals surface area contributed by atoms with Crippen LogP contribution in [0.1, 0.15) is 6.42 Å². The van der Waals surface area contributed by atoms with Crippen LogP contribution in [0.3, 0.4) is 0 Å². The quantitative estimate of drug-likeness (QED) is 0.442. The molecule has 1 N–H and O–H groups in total. The fourth-order valence-corrected chi connectivity index (χ4v) is 4.25. The molecule has 0 fully saturated rings. The fraction of sp³-hybridized carbons (Fsp3) is 0.0833. The molecule has 3 aromatic heterocycles. The number of aromatic nitrogens is 3. The third-order valence-electron chi connectivity index (χ3n) is 5.09. The van der Waals surface area contributed by atoms with Gasteiger partial charge in [-0.2, -0.15) is 0 Å². The average molecular weight is 427 g/mol. The summed E-state index contributed by atoms with van der Waals surface area (Å²) in [5, 5.41) is 6.30. The third kappa shape index (κ3) is 3.83. The number of carbonyl (C=O) groups excluding carboxylic acids is 1. The predicted octanol–water partition coefficient (Wildman–Crippen LogP) is 4.70. The van der Waals surface area contributed by atoms with E-state index >= 15 is 0 Å². The van der Waals surface area contributed by atoms with Gasteiger partial charge < -0.3 is 5.32 Å². The topological polar surface area (TPSA) is 76.9 Å². The summed E-state index contributed by atoms with van der Waals surface area (Å²) in [5.41, 5.74) is 3.15. The number of aryl methyl sites for hydroxylation is 1. The number of rotatable bonds is 5. The van der Waals surface area contributed by atoms with E-state index < -0.39 is 0 Å². The Morgan fingerprint density at radius 1 is 1.00 bits per heavy atom. The van der Waals surface area contributed by atoms with Crippen molar-refractivity contribution < 1.29 is 4.79 Å². The highest BCUT2D eigenvalue weighted by molar-refractivity contribution is 7.16. The minimum atomic E-state index is -0.173. The van der Waals surface area contributed by atoms with Crippen molar-refractivity contribution in [3.8, 4) is 11.3 Å². The highest BCUT2D eigenvalue weighted by atomic mass is 32.1. The molecule has 1 amide bonds.